The molecule has 2 aromatic carbocycles. The van der Waals surface area contributed by atoms with Gasteiger partial charge >= 0.3 is 0 Å². The number of carbonyl (C=O) groups is 2. The third-order valence-corrected chi connectivity index (χ3v) is 3.95. The van der Waals surface area contributed by atoms with E-state index in [9.17, 15) is 9.59 Å². The van der Waals surface area contributed by atoms with Crippen LogP contribution in [0.2, 0.25) is 0 Å². The number of amides is 2. The molecule has 0 spiro atoms. The molecule has 0 atom stereocenters. The van der Waals surface area contributed by atoms with Crippen molar-refractivity contribution in [3.05, 3.63) is 90.3 Å². The maximum atomic E-state index is 12.4. The molecule has 3 aromatic rings. The number of nitrogens with one attached hydrogen (secondary N) is 2. The summed E-state index contributed by atoms with van der Waals surface area (Å²) in [5, 5.41) is 5.58. The molecule has 1 heterocycles. The van der Waals surface area contributed by atoms with Gasteiger partial charge in [0.15, 0.2) is 0 Å². The summed E-state index contributed by atoms with van der Waals surface area (Å²) in [6, 6.07) is 17.5. The van der Waals surface area contributed by atoms with Crippen LogP contribution in [0.5, 0.6) is 5.75 Å². The Hall–Kier alpha value is -3.93. The van der Waals surface area contributed by atoms with Crippen LogP contribution in [-0.2, 0) is 4.79 Å². The second-order valence-electron chi connectivity index (χ2n) is 6.10. The van der Waals surface area contributed by atoms with Crippen LogP contribution in [0.3, 0.4) is 0 Å². The van der Waals surface area contributed by atoms with Crippen LogP contribution in [-0.4, -0.2) is 23.4 Å². The van der Waals surface area contributed by atoms with E-state index in [1.807, 2.05) is 13.0 Å². The zero-order chi connectivity index (χ0) is 20.5. The molecule has 0 fully saturated rings. The Labute approximate surface area is 169 Å². The van der Waals surface area contributed by atoms with Gasteiger partial charge in [0.1, 0.15) is 5.75 Å². The highest BCUT2D eigenvalue weighted by Gasteiger charge is 2.07. The molecule has 0 bridgehead atoms. The van der Waals surface area contributed by atoms with Gasteiger partial charge in [-0.3, -0.25) is 14.6 Å². The summed E-state index contributed by atoms with van der Waals surface area (Å²) in [4.78, 5) is 28.4. The number of rotatable bonds is 7. The molecular formula is C23H21N3O3. The van der Waals surface area contributed by atoms with Crippen molar-refractivity contribution in [3.8, 4) is 5.75 Å². The highest BCUT2D eigenvalue weighted by atomic mass is 16.5. The summed E-state index contributed by atoms with van der Waals surface area (Å²) in [5.41, 5.74) is 2.60. The molecule has 146 valence electrons. The van der Waals surface area contributed by atoms with E-state index in [2.05, 4.69) is 15.6 Å². The minimum Gasteiger partial charge on any atom is -0.494 e. The Morgan fingerprint density at radius 2 is 1.66 bits per heavy atom. The Balaban J connectivity index is 1.55. The lowest BCUT2D eigenvalue weighted by atomic mass is 10.2. The van der Waals surface area contributed by atoms with Crippen LogP contribution in [0.25, 0.3) is 6.08 Å². The summed E-state index contributed by atoms with van der Waals surface area (Å²) in [6.45, 7) is 2.51. The third kappa shape index (κ3) is 6.04. The van der Waals surface area contributed by atoms with Gasteiger partial charge in [0.05, 0.1) is 6.61 Å². The first-order chi connectivity index (χ1) is 14.1. The first-order valence-electron chi connectivity index (χ1n) is 9.17. The molecule has 0 saturated heterocycles. The van der Waals surface area contributed by atoms with Gasteiger partial charge in [0.2, 0.25) is 5.91 Å². The van der Waals surface area contributed by atoms with E-state index in [4.69, 9.17) is 4.74 Å². The van der Waals surface area contributed by atoms with E-state index in [1.165, 1.54) is 6.08 Å². The van der Waals surface area contributed by atoms with Crippen LogP contribution in [0.4, 0.5) is 11.4 Å². The van der Waals surface area contributed by atoms with Gasteiger partial charge in [-0.25, -0.2) is 0 Å². The molecule has 2 N–H and O–H groups in total. The number of pyridine rings is 1. The van der Waals surface area contributed by atoms with Crippen LogP contribution in [0, 0.1) is 0 Å². The molecule has 0 saturated carbocycles. The van der Waals surface area contributed by atoms with E-state index < -0.39 is 0 Å². The lowest BCUT2D eigenvalue weighted by molar-refractivity contribution is -0.111. The average molecular weight is 387 g/mol. The van der Waals surface area contributed by atoms with Gasteiger partial charge in [-0.1, -0.05) is 6.07 Å². The molecule has 6 heteroatoms. The quantitative estimate of drug-likeness (QED) is 0.590. The van der Waals surface area contributed by atoms with Crippen molar-refractivity contribution in [3.63, 3.8) is 0 Å². The first kappa shape index (κ1) is 19.8. The van der Waals surface area contributed by atoms with Crippen molar-refractivity contribution in [2.45, 2.75) is 6.92 Å². The molecule has 2 amide bonds. The van der Waals surface area contributed by atoms with Crippen molar-refractivity contribution < 1.29 is 14.3 Å². The van der Waals surface area contributed by atoms with Gasteiger partial charge < -0.3 is 15.4 Å². The summed E-state index contributed by atoms with van der Waals surface area (Å²) < 4.78 is 5.38. The second-order valence-corrected chi connectivity index (χ2v) is 6.10. The predicted molar refractivity (Wildman–Crippen MR) is 114 cm³/mol. The van der Waals surface area contributed by atoms with Crippen molar-refractivity contribution in [2.75, 3.05) is 17.2 Å². The number of ether oxygens (including phenoxy) is 1. The zero-order valence-electron chi connectivity index (χ0n) is 16.0. The monoisotopic (exact) mass is 387 g/mol. The number of anilines is 2. The van der Waals surface area contributed by atoms with Crippen LogP contribution < -0.4 is 15.4 Å². The Morgan fingerprint density at radius 3 is 2.31 bits per heavy atom. The number of benzene rings is 2. The Kier molecular flexibility index (Phi) is 6.73. The molecule has 0 aliphatic carbocycles. The fraction of sp³-hybridized carbons (Fsp3) is 0.0870. The van der Waals surface area contributed by atoms with Gasteiger partial charge in [-0.15, -0.1) is 0 Å². The first-order valence-corrected chi connectivity index (χ1v) is 9.17. The fourth-order valence-electron chi connectivity index (χ4n) is 2.54. The van der Waals surface area contributed by atoms with Crippen LogP contribution >= 0.6 is 0 Å². The molecule has 6 nitrogen and oxygen atoms in total. The smallest absolute Gasteiger partial charge is 0.255 e. The summed E-state index contributed by atoms with van der Waals surface area (Å²) in [6.07, 6.45) is 6.46. The summed E-state index contributed by atoms with van der Waals surface area (Å²) in [7, 11) is 0. The van der Waals surface area contributed by atoms with Crippen molar-refractivity contribution in [2.24, 2.45) is 0 Å². The van der Waals surface area contributed by atoms with E-state index in [1.54, 1.807) is 73.1 Å². The largest absolute Gasteiger partial charge is 0.494 e. The van der Waals surface area contributed by atoms with Gasteiger partial charge in [0.25, 0.3) is 5.91 Å². The maximum Gasteiger partial charge on any atom is 0.255 e. The topological polar surface area (TPSA) is 80.3 Å². The number of carbonyl (C=O) groups excluding carboxylic acids is 2. The van der Waals surface area contributed by atoms with E-state index in [-0.39, 0.29) is 11.8 Å². The van der Waals surface area contributed by atoms with E-state index in [0.29, 0.717) is 23.5 Å². The number of hydrogen-bond acceptors (Lipinski definition) is 4. The highest BCUT2D eigenvalue weighted by molar-refractivity contribution is 6.05. The highest BCUT2D eigenvalue weighted by Crippen LogP contribution is 2.17. The zero-order valence-corrected chi connectivity index (χ0v) is 16.0. The van der Waals surface area contributed by atoms with Gasteiger partial charge in [-0.2, -0.15) is 0 Å². The second kappa shape index (κ2) is 9.85. The van der Waals surface area contributed by atoms with Crippen LogP contribution in [0.15, 0.2) is 79.1 Å². The molecule has 1 aromatic heterocycles. The number of aromatic nitrogens is 1. The predicted octanol–water partition coefficient (Wildman–Crippen LogP) is 4.38. The van der Waals surface area contributed by atoms with Crippen molar-refractivity contribution in [1.29, 1.82) is 0 Å². The minimum atomic E-state index is -0.263. The fourth-order valence-corrected chi connectivity index (χ4v) is 2.54. The average Bonchev–Trinajstić information content (AvgIpc) is 2.75. The van der Waals surface area contributed by atoms with E-state index in [0.717, 1.165) is 11.3 Å². The normalized spacial score (nSPS) is 10.5. The molecule has 3 rings (SSSR count). The Morgan fingerprint density at radius 1 is 0.966 bits per heavy atom. The lowest BCUT2D eigenvalue weighted by Gasteiger charge is -2.08. The van der Waals surface area contributed by atoms with Gasteiger partial charge in [-0.05, 0) is 73.2 Å². The molecule has 0 aliphatic heterocycles. The van der Waals surface area contributed by atoms with Crippen molar-refractivity contribution >= 4 is 29.3 Å². The SMILES string of the molecule is CCOc1ccc(NC(=O)c2ccc(NC(=O)/C=C/c3cccnc3)cc2)cc1. The lowest BCUT2D eigenvalue weighted by Crippen LogP contribution is -2.12. The molecular weight excluding hydrogens is 366 g/mol. The molecule has 29 heavy (non-hydrogen) atoms. The van der Waals surface area contributed by atoms with Gasteiger partial charge in [0, 0.05) is 35.4 Å². The van der Waals surface area contributed by atoms with E-state index >= 15 is 0 Å². The third-order valence-electron chi connectivity index (χ3n) is 3.95. The molecule has 0 radical (unpaired) electrons. The van der Waals surface area contributed by atoms with Crippen molar-refractivity contribution in [1.82, 2.24) is 4.98 Å². The van der Waals surface area contributed by atoms with Crippen LogP contribution in [0.1, 0.15) is 22.8 Å². The molecule has 0 unspecified atom stereocenters. The number of nitrogens with zero attached hydrogens (tertiary/aromatic N) is 1. The standard InChI is InChI=1S/C23H21N3O3/c1-2-29-21-12-10-20(11-13-21)26-23(28)18-6-8-19(9-7-18)25-22(27)14-5-17-4-3-15-24-16-17/h3-16H,2H2,1H3,(H,25,27)(H,26,28)/b14-5+. The maximum absolute atomic E-state index is 12.4. The minimum absolute atomic E-state index is 0.233. The number of hydrogen-bond donors (Lipinski definition) is 2. The summed E-state index contributed by atoms with van der Waals surface area (Å²) >= 11 is 0. The summed E-state index contributed by atoms with van der Waals surface area (Å²) in [5.74, 6) is 0.257. The molecule has 0 aliphatic rings. The Bertz CT molecular complexity index is 982.